The van der Waals surface area contributed by atoms with Gasteiger partial charge in [0.2, 0.25) is 11.8 Å². The van der Waals surface area contributed by atoms with Crippen LogP contribution in [-0.2, 0) is 22.4 Å². The Morgan fingerprint density at radius 1 is 1.14 bits per heavy atom. The zero-order valence-electron chi connectivity index (χ0n) is 16.0. The molecule has 4 rings (SSSR count). The van der Waals surface area contributed by atoms with E-state index in [0.29, 0.717) is 24.8 Å². The van der Waals surface area contributed by atoms with Crippen LogP contribution in [0.25, 0.3) is 10.9 Å². The van der Waals surface area contributed by atoms with Gasteiger partial charge in [0.25, 0.3) is 5.91 Å². The molecule has 0 spiro atoms. The molecule has 29 heavy (non-hydrogen) atoms. The van der Waals surface area contributed by atoms with E-state index < -0.39 is 6.04 Å². The summed E-state index contributed by atoms with van der Waals surface area (Å²) in [7, 11) is 1.55. The van der Waals surface area contributed by atoms with Crippen molar-refractivity contribution < 1.29 is 14.4 Å². The molecule has 0 aliphatic carbocycles. The van der Waals surface area contributed by atoms with Gasteiger partial charge in [0.05, 0.1) is 0 Å². The van der Waals surface area contributed by atoms with E-state index in [9.17, 15) is 14.4 Å². The average molecular weight is 390 g/mol. The number of hydrogen-bond donors (Lipinski definition) is 4. The number of aryl methyl sites for hydroxylation is 1. The van der Waals surface area contributed by atoms with Crippen LogP contribution in [0.2, 0.25) is 0 Å². The maximum Gasteiger partial charge on any atom is 0.251 e. The topological polar surface area (TPSA) is 103 Å². The highest BCUT2D eigenvalue weighted by molar-refractivity contribution is 6.00. The lowest BCUT2D eigenvalue weighted by molar-refractivity contribution is -0.122. The number of H-pyrrole nitrogens is 1. The number of fused-ring (bicyclic) bond motifs is 2. The van der Waals surface area contributed by atoms with Gasteiger partial charge in [-0.3, -0.25) is 14.4 Å². The molecule has 3 aromatic rings. The van der Waals surface area contributed by atoms with Crippen molar-refractivity contribution in [2.45, 2.75) is 25.3 Å². The summed E-state index contributed by atoms with van der Waals surface area (Å²) in [6, 6.07) is 12.3. The van der Waals surface area contributed by atoms with Gasteiger partial charge in [-0.25, -0.2) is 0 Å². The van der Waals surface area contributed by atoms with E-state index in [4.69, 9.17) is 0 Å². The first-order valence-corrected chi connectivity index (χ1v) is 9.55. The number of para-hydroxylation sites is 1. The lowest BCUT2D eigenvalue weighted by atomic mass is 9.99. The maximum absolute atomic E-state index is 12.8. The summed E-state index contributed by atoms with van der Waals surface area (Å²) in [5.41, 5.74) is 4.07. The van der Waals surface area contributed by atoms with E-state index in [2.05, 4.69) is 20.9 Å². The second-order valence-corrected chi connectivity index (χ2v) is 7.12. The fourth-order valence-corrected chi connectivity index (χ4v) is 3.67. The SMILES string of the molecule is CNC(=O)[C@H](Cc1c[nH]c2ccccc12)NC(=O)c1ccc2c(c1)CCC(=O)N2. The number of carbonyl (C=O) groups is 3. The van der Waals surface area contributed by atoms with Crippen molar-refractivity contribution >= 4 is 34.3 Å². The lowest BCUT2D eigenvalue weighted by Crippen LogP contribution is -2.47. The van der Waals surface area contributed by atoms with Gasteiger partial charge in [0, 0.05) is 48.2 Å². The first kappa shape index (κ1) is 18.7. The van der Waals surface area contributed by atoms with Crippen molar-refractivity contribution in [1.29, 1.82) is 0 Å². The molecule has 3 amide bonds. The van der Waals surface area contributed by atoms with Crippen LogP contribution in [0, 0.1) is 0 Å². The Morgan fingerprint density at radius 3 is 2.79 bits per heavy atom. The molecule has 2 aromatic carbocycles. The third-order valence-electron chi connectivity index (χ3n) is 5.23. The Bertz CT molecular complexity index is 1100. The molecule has 0 saturated carbocycles. The van der Waals surface area contributed by atoms with Crippen LogP contribution in [0.15, 0.2) is 48.7 Å². The summed E-state index contributed by atoms with van der Waals surface area (Å²) in [4.78, 5) is 40.0. The lowest BCUT2D eigenvalue weighted by Gasteiger charge is -2.19. The van der Waals surface area contributed by atoms with Gasteiger partial charge in [-0.1, -0.05) is 18.2 Å². The average Bonchev–Trinajstić information content (AvgIpc) is 3.15. The predicted molar refractivity (Wildman–Crippen MR) is 111 cm³/mol. The van der Waals surface area contributed by atoms with Gasteiger partial charge in [0.1, 0.15) is 6.04 Å². The molecule has 2 heterocycles. The van der Waals surface area contributed by atoms with Gasteiger partial charge in [0.15, 0.2) is 0 Å². The minimum absolute atomic E-state index is 0.0203. The van der Waals surface area contributed by atoms with E-state index >= 15 is 0 Å². The van der Waals surface area contributed by atoms with Gasteiger partial charge in [-0.2, -0.15) is 0 Å². The Morgan fingerprint density at radius 2 is 1.97 bits per heavy atom. The quantitative estimate of drug-likeness (QED) is 0.537. The molecular formula is C22H22N4O3. The second-order valence-electron chi connectivity index (χ2n) is 7.12. The first-order valence-electron chi connectivity index (χ1n) is 9.55. The van der Waals surface area contributed by atoms with Crippen molar-refractivity contribution in [3.63, 3.8) is 0 Å². The van der Waals surface area contributed by atoms with Crippen molar-refractivity contribution in [2.75, 3.05) is 12.4 Å². The molecule has 7 heteroatoms. The second kappa shape index (κ2) is 7.79. The molecule has 7 nitrogen and oxygen atoms in total. The number of anilines is 1. The maximum atomic E-state index is 12.8. The summed E-state index contributed by atoms with van der Waals surface area (Å²) < 4.78 is 0. The molecule has 148 valence electrons. The standard InChI is InChI=1S/C22H22N4O3/c1-23-22(29)19(11-15-12-24-18-5-3-2-4-16(15)18)26-21(28)14-6-8-17-13(10-14)7-9-20(27)25-17/h2-6,8,10,12,19,24H,7,9,11H2,1H3,(H,23,29)(H,25,27)(H,26,28)/t19-/m0/s1. The monoisotopic (exact) mass is 390 g/mol. The van der Waals surface area contributed by atoms with Crippen molar-refractivity contribution in [2.24, 2.45) is 0 Å². The van der Waals surface area contributed by atoms with Crippen molar-refractivity contribution in [1.82, 2.24) is 15.6 Å². The molecule has 1 aliphatic heterocycles. The van der Waals surface area contributed by atoms with Crippen molar-refractivity contribution in [3.8, 4) is 0 Å². The third kappa shape index (κ3) is 3.85. The van der Waals surface area contributed by atoms with Crippen LogP contribution in [-0.4, -0.2) is 35.8 Å². The number of likely N-dealkylation sites (N-methyl/N-ethyl adjacent to an activating group) is 1. The first-order chi connectivity index (χ1) is 14.0. The highest BCUT2D eigenvalue weighted by Gasteiger charge is 2.23. The minimum Gasteiger partial charge on any atom is -0.361 e. The van der Waals surface area contributed by atoms with E-state index in [1.165, 1.54) is 0 Å². The Labute approximate surface area is 167 Å². The molecule has 4 N–H and O–H groups in total. The molecule has 1 aliphatic rings. The van der Waals surface area contributed by atoms with E-state index in [1.807, 2.05) is 30.5 Å². The number of carbonyl (C=O) groups excluding carboxylic acids is 3. The number of hydrogen-bond acceptors (Lipinski definition) is 3. The molecule has 0 radical (unpaired) electrons. The number of amides is 3. The van der Waals surface area contributed by atoms with E-state index in [0.717, 1.165) is 27.7 Å². The van der Waals surface area contributed by atoms with Crippen LogP contribution >= 0.6 is 0 Å². The largest absolute Gasteiger partial charge is 0.361 e. The smallest absolute Gasteiger partial charge is 0.251 e. The van der Waals surface area contributed by atoms with Gasteiger partial charge < -0.3 is 20.9 Å². The Balaban J connectivity index is 1.54. The highest BCUT2D eigenvalue weighted by Crippen LogP contribution is 2.24. The summed E-state index contributed by atoms with van der Waals surface area (Å²) in [6.07, 6.45) is 3.24. The van der Waals surface area contributed by atoms with Crippen molar-refractivity contribution in [3.05, 3.63) is 65.4 Å². The zero-order chi connectivity index (χ0) is 20.4. The highest BCUT2D eigenvalue weighted by atomic mass is 16.2. The summed E-state index contributed by atoms with van der Waals surface area (Å²) in [5.74, 6) is -0.597. The predicted octanol–water partition coefficient (Wildman–Crippen LogP) is 2.14. The number of benzene rings is 2. The third-order valence-corrected chi connectivity index (χ3v) is 5.23. The van der Waals surface area contributed by atoms with Crippen LogP contribution < -0.4 is 16.0 Å². The summed E-state index contributed by atoms with van der Waals surface area (Å²) >= 11 is 0. The molecule has 0 fully saturated rings. The number of aromatic nitrogens is 1. The summed E-state index contributed by atoms with van der Waals surface area (Å²) in [5, 5.41) is 9.31. The van der Waals surface area contributed by atoms with E-state index in [-0.39, 0.29) is 17.7 Å². The molecule has 0 saturated heterocycles. The Kier molecular flexibility index (Phi) is 5.03. The molecule has 0 unspecified atom stereocenters. The molecular weight excluding hydrogens is 368 g/mol. The Hall–Kier alpha value is -3.61. The number of aromatic amines is 1. The van der Waals surface area contributed by atoms with Crippen LogP contribution in [0.3, 0.4) is 0 Å². The van der Waals surface area contributed by atoms with Crippen LogP contribution in [0.4, 0.5) is 5.69 Å². The fourth-order valence-electron chi connectivity index (χ4n) is 3.67. The summed E-state index contributed by atoms with van der Waals surface area (Å²) in [6.45, 7) is 0. The fraction of sp³-hybridized carbons (Fsp3) is 0.227. The van der Waals surface area contributed by atoms with Gasteiger partial charge >= 0.3 is 0 Å². The van der Waals surface area contributed by atoms with Crippen LogP contribution in [0.1, 0.15) is 27.9 Å². The van der Waals surface area contributed by atoms with Gasteiger partial charge in [-0.05, 0) is 41.8 Å². The van der Waals surface area contributed by atoms with E-state index in [1.54, 1.807) is 25.2 Å². The minimum atomic E-state index is -0.706. The van der Waals surface area contributed by atoms with Gasteiger partial charge in [-0.15, -0.1) is 0 Å². The number of rotatable bonds is 5. The molecule has 1 aromatic heterocycles. The normalized spacial score (nSPS) is 14.0. The number of nitrogens with one attached hydrogen (secondary N) is 4. The zero-order valence-corrected chi connectivity index (χ0v) is 16.0. The molecule has 0 bridgehead atoms. The molecule has 1 atom stereocenters. The van der Waals surface area contributed by atoms with Crippen LogP contribution in [0.5, 0.6) is 0 Å².